The van der Waals surface area contributed by atoms with E-state index >= 15 is 0 Å². The molecule has 0 saturated heterocycles. The number of anilines is 1. The molecule has 0 aliphatic heterocycles. The van der Waals surface area contributed by atoms with Crippen LogP contribution in [0.2, 0.25) is 0 Å². The molecule has 0 spiro atoms. The van der Waals surface area contributed by atoms with Crippen molar-refractivity contribution in [3.63, 3.8) is 0 Å². The van der Waals surface area contributed by atoms with Crippen LogP contribution in [0, 0.1) is 19.8 Å². The van der Waals surface area contributed by atoms with Crippen molar-refractivity contribution in [2.24, 2.45) is 5.92 Å². The van der Waals surface area contributed by atoms with Crippen molar-refractivity contribution in [3.05, 3.63) is 34.3 Å². The van der Waals surface area contributed by atoms with Gasteiger partial charge in [-0.1, -0.05) is 42.9 Å². The minimum Gasteiger partial charge on any atom is -0.486 e. The molecular weight excluding hydrogens is 314 g/mol. The van der Waals surface area contributed by atoms with Crippen molar-refractivity contribution < 1.29 is 14.6 Å². The number of rotatable bonds is 6. The summed E-state index contributed by atoms with van der Waals surface area (Å²) < 4.78 is 5.75. The summed E-state index contributed by atoms with van der Waals surface area (Å²) in [5.74, 6) is 1.01. The molecule has 0 bridgehead atoms. The first-order valence-corrected chi connectivity index (χ1v) is 8.21. The van der Waals surface area contributed by atoms with Crippen molar-refractivity contribution in [2.75, 3.05) is 11.4 Å². The molecule has 0 aliphatic rings. The Balaban J connectivity index is 2.05. The maximum Gasteiger partial charge on any atom is 0.413 e. The van der Waals surface area contributed by atoms with Gasteiger partial charge >= 0.3 is 6.09 Å². The second-order valence-corrected chi connectivity index (χ2v) is 6.86. The van der Waals surface area contributed by atoms with Gasteiger partial charge in [-0.05, 0) is 31.4 Å². The number of ether oxygens (including phenoxy) is 1. The van der Waals surface area contributed by atoms with E-state index in [0.29, 0.717) is 16.7 Å². The zero-order valence-corrected chi connectivity index (χ0v) is 14.6. The van der Waals surface area contributed by atoms with E-state index in [1.54, 1.807) is 0 Å². The second kappa shape index (κ2) is 7.41. The zero-order valence-electron chi connectivity index (χ0n) is 13.7. The van der Waals surface area contributed by atoms with Crippen LogP contribution in [0.3, 0.4) is 0 Å². The van der Waals surface area contributed by atoms with E-state index in [0.717, 1.165) is 11.3 Å². The number of hydrogen-bond donors (Lipinski definition) is 1. The van der Waals surface area contributed by atoms with E-state index < -0.39 is 6.09 Å². The van der Waals surface area contributed by atoms with E-state index in [-0.39, 0.29) is 12.5 Å². The van der Waals surface area contributed by atoms with Gasteiger partial charge in [0.05, 0.1) is 0 Å². The molecule has 1 amide bonds. The van der Waals surface area contributed by atoms with Crippen LogP contribution in [0.5, 0.6) is 5.75 Å². The van der Waals surface area contributed by atoms with Crippen LogP contribution in [-0.2, 0) is 6.61 Å². The summed E-state index contributed by atoms with van der Waals surface area (Å²) in [4.78, 5) is 12.6. The quantitative estimate of drug-likeness (QED) is 0.867. The Hall–Kier alpha value is -2.15. The maximum atomic E-state index is 11.3. The molecule has 0 fully saturated rings. The fourth-order valence-corrected chi connectivity index (χ4v) is 2.87. The van der Waals surface area contributed by atoms with Crippen LogP contribution in [0.1, 0.15) is 30.0 Å². The Kier molecular flexibility index (Phi) is 5.54. The molecule has 1 aromatic heterocycles. The van der Waals surface area contributed by atoms with E-state index in [4.69, 9.17) is 4.74 Å². The molecule has 1 N–H and O–H groups in total. The normalized spacial score (nSPS) is 10.8. The predicted molar refractivity (Wildman–Crippen MR) is 90.4 cm³/mol. The van der Waals surface area contributed by atoms with Gasteiger partial charge in [0.25, 0.3) is 0 Å². The molecule has 7 heteroatoms. The Bertz CT molecular complexity index is 685. The van der Waals surface area contributed by atoms with E-state index in [1.807, 2.05) is 39.8 Å². The Morgan fingerprint density at radius 2 is 2.09 bits per heavy atom. The summed E-state index contributed by atoms with van der Waals surface area (Å²) in [6.07, 6.45) is -1.02. The molecule has 6 nitrogen and oxygen atoms in total. The number of nitrogens with zero attached hydrogens (tertiary/aromatic N) is 3. The molecule has 0 radical (unpaired) electrons. The summed E-state index contributed by atoms with van der Waals surface area (Å²) in [6, 6.07) is 5.97. The van der Waals surface area contributed by atoms with Gasteiger partial charge in [0.15, 0.2) is 5.01 Å². The Morgan fingerprint density at radius 3 is 2.70 bits per heavy atom. The van der Waals surface area contributed by atoms with Gasteiger partial charge in [-0.25, -0.2) is 4.79 Å². The van der Waals surface area contributed by atoms with Gasteiger partial charge in [-0.15, -0.1) is 10.2 Å². The van der Waals surface area contributed by atoms with Crippen molar-refractivity contribution >= 4 is 22.6 Å². The third-order valence-electron chi connectivity index (χ3n) is 3.15. The highest BCUT2D eigenvalue weighted by atomic mass is 32.1. The van der Waals surface area contributed by atoms with Crippen LogP contribution < -0.4 is 9.64 Å². The Morgan fingerprint density at radius 1 is 1.35 bits per heavy atom. The largest absolute Gasteiger partial charge is 0.486 e. The van der Waals surface area contributed by atoms with Gasteiger partial charge < -0.3 is 9.84 Å². The molecule has 23 heavy (non-hydrogen) atoms. The lowest BCUT2D eigenvalue weighted by atomic mass is 10.1. The minimum atomic E-state index is -1.02. The van der Waals surface area contributed by atoms with Crippen LogP contribution in [-0.4, -0.2) is 27.9 Å². The number of carbonyl (C=O) groups is 1. The van der Waals surface area contributed by atoms with Crippen molar-refractivity contribution in [1.82, 2.24) is 10.2 Å². The fraction of sp³-hybridized carbons (Fsp3) is 0.438. The van der Waals surface area contributed by atoms with Crippen molar-refractivity contribution in [3.8, 4) is 5.75 Å². The van der Waals surface area contributed by atoms with Gasteiger partial charge in [0.2, 0.25) is 5.13 Å². The van der Waals surface area contributed by atoms with Crippen LogP contribution in [0.15, 0.2) is 18.2 Å². The maximum absolute atomic E-state index is 11.3. The summed E-state index contributed by atoms with van der Waals surface area (Å²) in [5, 5.41) is 18.3. The number of amides is 1. The summed E-state index contributed by atoms with van der Waals surface area (Å²) in [5.41, 5.74) is 2.24. The second-order valence-electron chi connectivity index (χ2n) is 5.82. The smallest absolute Gasteiger partial charge is 0.413 e. The molecule has 124 valence electrons. The lowest BCUT2D eigenvalue weighted by Gasteiger charge is -2.17. The summed E-state index contributed by atoms with van der Waals surface area (Å²) in [6.45, 7) is 8.60. The molecule has 0 unspecified atom stereocenters. The molecule has 0 saturated carbocycles. The molecule has 0 atom stereocenters. The molecule has 0 aliphatic carbocycles. The first-order chi connectivity index (χ1) is 10.9. The monoisotopic (exact) mass is 335 g/mol. The van der Waals surface area contributed by atoms with Crippen LogP contribution in [0.4, 0.5) is 9.93 Å². The average molecular weight is 335 g/mol. The number of aryl methyl sites for hydroxylation is 2. The average Bonchev–Trinajstić information content (AvgIpc) is 2.92. The minimum absolute atomic E-state index is 0.213. The van der Waals surface area contributed by atoms with Gasteiger partial charge in [-0.3, -0.25) is 4.90 Å². The van der Waals surface area contributed by atoms with Crippen LogP contribution in [0.25, 0.3) is 0 Å². The van der Waals surface area contributed by atoms with Gasteiger partial charge in [-0.2, -0.15) is 0 Å². The first-order valence-electron chi connectivity index (χ1n) is 7.39. The highest BCUT2D eigenvalue weighted by Gasteiger charge is 2.20. The number of benzene rings is 1. The fourth-order valence-electron chi connectivity index (χ4n) is 2.12. The Labute approximate surface area is 139 Å². The predicted octanol–water partition coefficient (Wildman–Crippen LogP) is 3.87. The number of aromatic nitrogens is 2. The lowest BCUT2D eigenvalue weighted by Crippen LogP contribution is -2.32. The molecule has 2 aromatic rings. The SMILES string of the molecule is Cc1ccc(OCc2nnc(N(CC(C)C)C(=O)O)s2)c(C)c1. The van der Waals surface area contributed by atoms with E-state index in [2.05, 4.69) is 16.3 Å². The molecule has 2 rings (SSSR count). The topological polar surface area (TPSA) is 75.6 Å². The lowest BCUT2D eigenvalue weighted by molar-refractivity contribution is 0.201. The third-order valence-corrected chi connectivity index (χ3v) is 4.07. The molecule has 1 aromatic carbocycles. The zero-order chi connectivity index (χ0) is 17.0. The van der Waals surface area contributed by atoms with Gasteiger partial charge in [0, 0.05) is 6.54 Å². The van der Waals surface area contributed by atoms with Crippen molar-refractivity contribution in [1.29, 1.82) is 0 Å². The highest BCUT2D eigenvalue weighted by molar-refractivity contribution is 7.15. The first kappa shape index (κ1) is 17.2. The standard InChI is InChI=1S/C16H21N3O3S/c1-10(2)8-19(16(20)21)15-18-17-14(23-15)9-22-13-6-5-11(3)7-12(13)4/h5-7,10H,8-9H2,1-4H3,(H,20,21). The number of hydrogen-bond acceptors (Lipinski definition) is 5. The molecular formula is C16H21N3O3S. The van der Waals surface area contributed by atoms with E-state index in [1.165, 1.54) is 21.8 Å². The van der Waals surface area contributed by atoms with Gasteiger partial charge in [0.1, 0.15) is 12.4 Å². The van der Waals surface area contributed by atoms with Crippen molar-refractivity contribution in [2.45, 2.75) is 34.3 Å². The number of carboxylic acid groups (broad SMARTS) is 1. The summed E-state index contributed by atoms with van der Waals surface area (Å²) in [7, 11) is 0. The van der Waals surface area contributed by atoms with Crippen LogP contribution >= 0.6 is 11.3 Å². The third kappa shape index (κ3) is 4.66. The molecule has 1 heterocycles. The highest BCUT2D eigenvalue weighted by Crippen LogP contribution is 2.24. The van der Waals surface area contributed by atoms with E-state index in [9.17, 15) is 9.90 Å². The summed E-state index contributed by atoms with van der Waals surface area (Å²) >= 11 is 1.24.